The van der Waals surface area contributed by atoms with Crippen LogP contribution in [0.15, 0.2) is 73.1 Å². The summed E-state index contributed by atoms with van der Waals surface area (Å²) in [5, 5.41) is 24.9. The van der Waals surface area contributed by atoms with Crippen LogP contribution in [0.5, 0.6) is 11.5 Å². The molecule has 27 heavy (non-hydrogen) atoms. The van der Waals surface area contributed by atoms with E-state index in [9.17, 15) is 14.6 Å². The third-order valence-corrected chi connectivity index (χ3v) is 4.42. The molecule has 6 heteroatoms. The highest BCUT2D eigenvalue weighted by molar-refractivity contribution is 5.86. The second-order valence-corrected chi connectivity index (χ2v) is 6.14. The molecule has 1 atom stereocenters. The molecule has 0 aliphatic rings. The predicted octanol–water partition coefficient (Wildman–Crippen LogP) is 3.80. The summed E-state index contributed by atoms with van der Waals surface area (Å²) in [6.07, 6.45) is 3.29. The summed E-state index contributed by atoms with van der Waals surface area (Å²) >= 11 is 0. The molecule has 0 unspecified atom stereocenters. The molecule has 4 N–H and O–H groups in total. The van der Waals surface area contributed by atoms with Gasteiger partial charge in [0, 0.05) is 22.7 Å². The first-order valence-electron chi connectivity index (χ1n) is 8.42. The summed E-state index contributed by atoms with van der Waals surface area (Å²) in [4.78, 5) is 7.20. The van der Waals surface area contributed by atoms with Crippen LogP contribution in [0.4, 0.5) is 10.2 Å². The van der Waals surface area contributed by atoms with Gasteiger partial charge in [-0.15, -0.1) is 0 Å². The maximum absolute atomic E-state index is 13.4. The summed E-state index contributed by atoms with van der Waals surface area (Å²) in [5.41, 5.74) is 1.76. The van der Waals surface area contributed by atoms with Crippen molar-refractivity contribution in [2.75, 3.05) is 5.32 Å². The Morgan fingerprint density at radius 3 is 2.56 bits per heavy atom. The zero-order valence-corrected chi connectivity index (χ0v) is 14.2. The highest BCUT2D eigenvalue weighted by Crippen LogP contribution is 2.36. The van der Waals surface area contributed by atoms with Crippen LogP contribution in [0.2, 0.25) is 0 Å². The molecule has 2 heterocycles. The number of aromatic nitrogens is 2. The quantitative estimate of drug-likeness (QED) is 0.516. The Morgan fingerprint density at radius 1 is 0.963 bits per heavy atom. The number of rotatable bonds is 4. The zero-order chi connectivity index (χ0) is 18.8. The van der Waals surface area contributed by atoms with E-state index in [1.807, 2.05) is 12.1 Å². The van der Waals surface area contributed by atoms with Crippen molar-refractivity contribution in [2.45, 2.75) is 6.04 Å². The van der Waals surface area contributed by atoms with Gasteiger partial charge in [0.1, 0.15) is 23.1 Å². The number of nitrogens with zero attached hydrogens (tertiary/aromatic N) is 1. The van der Waals surface area contributed by atoms with E-state index in [0.717, 1.165) is 10.9 Å². The predicted molar refractivity (Wildman–Crippen MR) is 99.9 cm³/mol. The highest BCUT2D eigenvalue weighted by Gasteiger charge is 2.25. The average Bonchev–Trinajstić information content (AvgIpc) is 2.69. The number of phenolic OH excluding ortho intramolecular Hbond substituents is 1. The molecule has 0 saturated carbocycles. The SMILES string of the molecule is Oc1ccc[nH+]c1N[C@H](c1ccc(F)cc1)c1ccc2cccnc2c1O. The third-order valence-electron chi connectivity index (χ3n) is 4.42. The fourth-order valence-corrected chi connectivity index (χ4v) is 3.06. The molecular weight excluding hydrogens is 345 g/mol. The number of pyridine rings is 2. The van der Waals surface area contributed by atoms with E-state index in [0.29, 0.717) is 16.9 Å². The lowest BCUT2D eigenvalue weighted by molar-refractivity contribution is -0.362. The smallest absolute Gasteiger partial charge is 0.315 e. The number of nitrogens with one attached hydrogen (secondary N) is 2. The lowest BCUT2D eigenvalue weighted by Crippen LogP contribution is -2.19. The van der Waals surface area contributed by atoms with E-state index in [4.69, 9.17) is 0 Å². The van der Waals surface area contributed by atoms with Gasteiger partial charge < -0.3 is 10.2 Å². The van der Waals surface area contributed by atoms with Gasteiger partial charge in [0.05, 0.1) is 6.20 Å². The molecule has 0 aliphatic heterocycles. The molecule has 0 spiro atoms. The van der Waals surface area contributed by atoms with Crippen molar-refractivity contribution in [1.82, 2.24) is 4.98 Å². The number of aromatic amines is 1. The first-order chi connectivity index (χ1) is 13.1. The molecule has 5 nitrogen and oxygen atoms in total. The van der Waals surface area contributed by atoms with E-state index in [1.54, 1.807) is 48.8 Å². The lowest BCUT2D eigenvalue weighted by atomic mass is 9.96. The maximum atomic E-state index is 13.4. The summed E-state index contributed by atoms with van der Waals surface area (Å²) in [5.74, 6) is 0.0942. The van der Waals surface area contributed by atoms with Crippen molar-refractivity contribution in [1.29, 1.82) is 0 Å². The van der Waals surface area contributed by atoms with Crippen LogP contribution in [0.1, 0.15) is 17.2 Å². The summed E-state index contributed by atoms with van der Waals surface area (Å²) in [6, 6.07) is 16.0. The van der Waals surface area contributed by atoms with Gasteiger partial charge in [-0.25, -0.2) is 9.37 Å². The van der Waals surface area contributed by atoms with E-state index in [2.05, 4.69) is 15.3 Å². The van der Waals surface area contributed by atoms with Gasteiger partial charge in [-0.05, 0) is 36.4 Å². The number of H-pyrrole nitrogens is 1. The first kappa shape index (κ1) is 16.8. The summed E-state index contributed by atoms with van der Waals surface area (Å²) in [7, 11) is 0. The molecule has 0 fully saturated rings. The van der Waals surface area contributed by atoms with Crippen molar-refractivity contribution in [3.8, 4) is 11.5 Å². The molecule has 0 saturated heterocycles. The topological polar surface area (TPSA) is 79.5 Å². The van der Waals surface area contributed by atoms with Crippen LogP contribution in [-0.4, -0.2) is 15.2 Å². The van der Waals surface area contributed by atoms with Crippen LogP contribution < -0.4 is 10.3 Å². The van der Waals surface area contributed by atoms with Gasteiger partial charge in [0.15, 0.2) is 0 Å². The molecule has 0 aliphatic carbocycles. The minimum absolute atomic E-state index is 0.0306. The molecular formula is C21H17FN3O2+. The Balaban J connectivity index is 1.86. The lowest BCUT2D eigenvalue weighted by Gasteiger charge is -2.18. The van der Waals surface area contributed by atoms with Crippen molar-refractivity contribution < 1.29 is 19.6 Å². The normalized spacial score (nSPS) is 12.0. The monoisotopic (exact) mass is 362 g/mol. The van der Waals surface area contributed by atoms with Gasteiger partial charge in [-0.3, -0.25) is 10.3 Å². The minimum atomic E-state index is -0.540. The molecule has 2 aromatic carbocycles. The van der Waals surface area contributed by atoms with Gasteiger partial charge in [-0.2, -0.15) is 0 Å². The standard InChI is InChI=1S/C21H16FN3O2/c22-15-8-5-14(6-9-15)18(25-21-17(26)4-2-12-24-21)16-10-7-13-3-1-11-23-19(13)20(16)27/h1-12,18,26-27H,(H,24,25)/p+1/t18-/m1/s1. The van der Waals surface area contributed by atoms with Crippen molar-refractivity contribution in [3.63, 3.8) is 0 Å². The maximum Gasteiger partial charge on any atom is 0.315 e. The molecule has 0 radical (unpaired) electrons. The van der Waals surface area contributed by atoms with Crippen molar-refractivity contribution in [3.05, 3.63) is 90.0 Å². The largest absolute Gasteiger partial charge is 0.505 e. The van der Waals surface area contributed by atoms with Crippen molar-refractivity contribution in [2.24, 2.45) is 0 Å². The Kier molecular flexibility index (Phi) is 4.30. The molecule has 4 aromatic rings. The number of hydrogen-bond donors (Lipinski definition) is 3. The van der Waals surface area contributed by atoms with E-state index in [1.165, 1.54) is 12.1 Å². The Bertz CT molecular complexity index is 1100. The highest BCUT2D eigenvalue weighted by atomic mass is 19.1. The summed E-state index contributed by atoms with van der Waals surface area (Å²) in [6.45, 7) is 0. The summed E-state index contributed by atoms with van der Waals surface area (Å²) < 4.78 is 13.4. The molecule has 4 rings (SSSR count). The second-order valence-electron chi connectivity index (χ2n) is 6.14. The number of anilines is 1. The number of aromatic hydroxyl groups is 2. The minimum Gasteiger partial charge on any atom is -0.505 e. The van der Waals surface area contributed by atoms with Crippen LogP contribution in [0, 0.1) is 5.82 Å². The van der Waals surface area contributed by atoms with E-state index in [-0.39, 0.29) is 17.3 Å². The van der Waals surface area contributed by atoms with Gasteiger partial charge in [-0.1, -0.05) is 24.3 Å². The van der Waals surface area contributed by atoms with Crippen molar-refractivity contribution >= 4 is 16.7 Å². The molecule has 0 amide bonds. The number of fused-ring (bicyclic) bond motifs is 1. The first-order valence-corrected chi connectivity index (χ1v) is 8.42. The van der Waals surface area contributed by atoms with Gasteiger partial charge in [0.25, 0.3) is 0 Å². The molecule has 2 aromatic heterocycles. The Hall–Kier alpha value is -3.67. The molecule has 0 bridgehead atoms. The number of benzene rings is 2. The third kappa shape index (κ3) is 3.25. The number of hydrogen-bond acceptors (Lipinski definition) is 4. The fraction of sp³-hybridized carbons (Fsp3) is 0.0476. The van der Waals surface area contributed by atoms with Gasteiger partial charge in [0.2, 0.25) is 5.75 Å². The zero-order valence-electron chi connectivity index (χ0n) is 14.2. The van der Waals surface area contributed by atoms with Crippen LogP contribution in [-0.2, 0) is 0 Å². The second kappa shape index (κ2) is 6.92. The Labute approximate surface area is 154 Å². The number of halogens is 1. The van der Waals surface area contributed by atoms with E-state index < -0.39 is 6.04 Å². The van der Waals surface area contributed by atoms with Crippen LogP contribution in [0.3, 0.4) is 0 Å². The Morgan fingerprint density at radius 2 is 1.78 bits per heavy atom. The average molecular weight is 362 g/mol. The van der Waals surface area contributed by atoms with Crippen LogP contribution >= 0.6 is 0 Å². The fourth-order valence-electron chi connectivity index (χ4n) is 3.06. The number of phenols is 1. The molecule has 134 valence electrons. The van der Waals surface area contributed by atoms with Gasteiger partial charge >= 0.3 is 5.82 Å². The van der Waals surface area contributed by atoms with E-state index >= 15 is 0 Å². The van der Waals surface area contributed by atoms with Crippen LogP contribution in [0.25, 0.3) is 10.9 Å².